The number of nitrogens with zero attached hydrogens (tertiary/aromatic N) is 2. The van der Waals surface area contributed by atoms with Gasteiger partial charge in [0.1, 0.15) is 0 Å². The van der Waals surface area contributed by atoms with Gasteiger partial charge in [-0.05, 0) is 25.0 Å². The first-order chi connectivity index (χ1) is 9.19. The summed E-state index contributed by atoms with van der Waals surface area (Å²) >= 11 is 6.16. The third kappa shape index (κ3) is 3.94. The van der Waals surface area contributed by atoms with Gasteiger partial charge >= 0.3 is 0 Å². The second-order valence-electron chi connectivity index (χ2n) is 4.59. The van der Waals surface area contributed by atoms with E-state index in [1.54, 1.807) is 10.9 Å². The minimum absolute atomic E-state index is 0.354. The number of hydrogen-bond acceptors (Lipinski definition) is 2. The van der Waals surface area contributed by atoms with Crippen LogP contribution in [0.2, 0.25) is 5.02 Å². The summed E-state index contributed by atoms with van der Waals surface area (Å²) in [5, 5.41) is 8.44. The molecule has 0 aliphatic heterocycles. The van der Waals surface area contributed by atoms with Gasteiger partial charge in [0.15, 0.2) is 0 Å². The first-order valence-corrected chi connectivity index (χ1v) is 6.69. The van der Waals surface area contributed by atoms with Crippen molar-refractivity contribution in [2.75, 3.05) is 0 Å². The van der Waals surface area contributed by atoms with Crippen LogP contribution in [0.15, 0.2) is 43.2 Å². The molecule has 0 bridgehead atoms. The highest BCUT2D eigenvalue weighted by molar-refractivity contribution is 6.31. The molecular weight excluding hydrogens is 258 g/mol. The van der Waals surface area contributed by atoms with Gasteiger partial charge in [-0.1, -0.05) is 36.4 Å². The Kier molecular flexibility index (Phi) is 4.77. The number of rotatable bonds is 6. The van der Waals surface area contributed by atoms with E-state index in [0.29, 0.717) is 6.04 Å². The van der Waals surface area contributed by atoms with Crippen molar-refractivity contribution < 1.29 is 0 Å². The van der Waals surface area contributed by atoms with Crippen molar-refractivity contribution in [2.24, 2.45) is 0 Å². The highest BCUT2D eigenvalue weighted by Crippen LogP contribution is 2.16. The van der Waals surface area contributed by atoms with E-state index in [4.69, 9.17) is 11.6 Å². The number of benzene rings is 1. The van der Waals surface area contributed by atoms with Gasteiger partial charge in [-0.2, -0.15) is 5.10 Å². The predicted molar refractivity (Wildman–Crippen MR) is 80.1 cm³/mol. The van der Waals surface area contributed by atoms with E-state index in [0.717, 1.165) is 23.6 Å². The minimum Gasteiger partial charge on any atom is -0.310 e. The number of halogens is 1. The summed E-state index contributed by atoms with van der Waals surface area (Å²) in [5.41, 5.74) is 2.32. The first kappa shape index (κ1) is 13.8. The molecule has 0 aliphatic carbocycles. The van der Waals surface area contributed by atoms with Crippen molar-refractivity contribution in [3.8, 4) is 0 Å². The first-order valence-electron chi connectivity index (χ1n) is 6.31. The van der Waals surface area contributed by atoms with Crippen LogP contribution >= 0.6 is 11.6 Å². The van der Waals surface area contributed by atoms with Gasteiger partial charge in [0.25, 0.3) is 0 Å². The molecule has 4 heteroatoms. The molecule has 1 N–H and O–H groups in total. The second kappa shape index (κ2) is 6.55. The average Bonchev–Trinajstić information content (AvgIpc) is 2.87. The maximum atomic E-state index is 6.16. The van der Waals surface area contributed by atoms with Crippen LogP contribution < -0.4 is 5.32 Å². The predicted octanol–water partition coefficient (Wildman–Crippen LogP) is 3.36. The van der Waals surface area contributed by atoms with E-state index in [1.807, 2.05) is 30.6 Å². The fourth-order valence-electron chi connectivity index (χ4n) is 1.93. The molecule has 0 amide bonds. The Morgan fingerprint density at radius 2 is 2.26 bits per heavy atom. The fraction of sp³-hybridized carbons (Fsp3) is 0.267. The largest absolute Gasteiger partial charge is 0.310 e. The molecule has 0 spiro atoms. The van der Waals surface area contributed by atoms with Gasteiger partial charge < -0.3 is 5.32 Å². The monoisotopic (exact) mass is 275 g/mol. The summed E-state index contributed by atoms with van der Waals surface area (Å²) in [6.07, 6.45) is 6.39. The van der Waals surface area contributed by atoms with E-state index < -0.39 is 0 Å². The summed E-state index contributed by atoms with van der Waals surface area (Å²) < 4.78 is 1.70. The third-order valence-corrected chi connectivity index (χ3v) is 3.35. The van der Waals surface area contributed by atoms with Gasteiger partial charge in [0.2, 0.25) is 0 Å². The normalized spacial score (nSPS) is 12.3. The quantitative estimate of drug-likeness (QED) is 0.876. The Morgan fingerprint density at radius 1 is 1.47 bits per heavy atom. The smallest absolute Gasteiger partial charge is 0.0538 e. The summed E-state index contributed by atoms with van der Waals surface area (Å²) in [4.78, 5) is 0. The van der Waals surface area contributed by atoms with Crippen molar-refractivity contribution in [1.29, 1.82) is 0 Å². The lowest BCUT2D eigenvalue weighted by Crippen LogP contribution is -2.27. The Balaban J connectivity index is 1.86. The molecule has 1 unspecified atom stereocenters. The van der Waals surface area contributed by atoms with Crippen LogP contribution in [0, 0.1) is 0 Å². The van der Waals surface area contributed by atoms with E-state index in [9.17, 15) is 0 Å². The standard InChI is InChI=1S/C15H18ClN3/c1-3-19-11-13(10-18-19)9-17-12(2)8-14-6-4-5-7-15(14)16/h3-7,10-12,17H,1,8-9H2,2H3. The number of hydrogen-bond donors (Lipinski definition) is 1. The molecule has 0 saturated heterocycles. The van der Waals surface area contributed by atoms with E-state index in [2.05, 4.69) is 30.0 Å². The Hall–Kier alpha value is -1.58. The molecule has 2 rings (SSSR count). The van der Waals surface area contributed by atoms with Crippen LogP contribution in [0.4, 0.5) is 0 Å². The molecule has 0 saturated carbocycles. The van der Waals surface area contributed by atoms with E-state index >= 15 is 0 Å². The Labute approximate surface area is 118 Å². The topological polar surface area (TPSA) is 29.9 Å². The molecule has 0 radical (unpaired) electrons. The van der Waals surface area contributed by atoms with E-state index in [1.165, 1.54) is 5.56 Å². The van der Waals surface area contributed by atoms with Crippen molar-refractivity contribution >= 4 is 17.8 Å². The Bertz CT molecular complexity index is 548. The number of nitrogens with one attached hydrogen (secondary N) is 1. The van der Waals surface area contributed by atoms with Gasteiger partial charge in [-0.3, -0.25) is 0 Å². The molecule has 1 aromatic carbocycles. The van der Waals surface area contributed by atoms with Crippen molar-refractivity contribution in [3.63, 3.8) is 0 Å². The lowest BCUT2D eigenvalue weighted by atomic mass is 10.1. The fourth-order valence-corrected chi connectivity index (χ4v) is 2.14. The summed E-state index contributed by atoms with van der Waals surface area (Å²) in [6.45, 7) is 6.62. The van der Waals surface area contributed by atoms with Gasteiger partial charge in [-0.15, -0.1) is 0 Å². The summed E-state index contributed by atoms with van der Waals surface area (Å²) in [6, 6.07) is 8.32. The molecule has 0 fully saturated rings. The van der Waals surface area contributed by atoms with Crippen molar-refractivity contribution in [2.45, 2.75) is 25.9 Å². The lowest BCUT2D eigenvalue weighted by molar-refractivity contribution is 0.545. The highest BCUT2D eigenvalue weighted by Gasteiger charge is 2.06. The van der Waals surface area contributed by atoms with E-state index in [-0.39, 0.29) is 0 Å². The van der Waals surface area contributed by atoms with Gasteiger partial charge in [0, 0.05) is 35.6 Å². The van der Waals surface area contributed by atoms with Crippen molar-refractivity contribution in [3.05, 3.63) is 59.4 Å². The van der Waals surface area contributed by atoms with Crippen LogP contribution in [-0.2, 0) is 13.0 Å². The van der Waals surface area contributed by atoms with Crippen LogP contribution in [0.25, 0.3) is 6.20 Å². The third-order valence-electron chi connectivity index (χ3n) is 2.98. The maximum absolute atomic E-state index is 6.16. The zero-order valence-corrected chi connectivity index (χ0v) is 11.8. The molecule has 1 atom stereocenters. The second-order valence-corrected chi connectivity index (χ2v) is 5.00. The molecule has 3 nitrogen and oxygen atoms in total. The zero-order valence-electron chi connectivity index (χ0n) is 11.0. The van der Waals surface area contributed by atoms with Crippen LogP contribution in [-0.4, -0.2) is 15.8 Å². The molecular formula is C15H18ClN3. The summed E-state index contributed by atoms with van der Waals surface area (Å²) in [7, 11) is 0. The Morgan fingerprint density at radius 3 is 2.95 bits per heavy atom. The van der Waals surface area contributed by atoms with Gasteiger partial charge in [-0.25, -0.2) is 4.68 Å². The zero-order chi connectivity index (χ0) is 13.7. The SMILES string of the molecule is C=Cn1cc(CNC(C)Cc2ccccc2Cl)cn1. The molecule has 1 heterocycles. The van der Waals surface area contributed by atoms with Crippen LogP contribution in [0.3, 0.4) is 0 Å². The van der Waals surface area contributed by atoms with Crippen LogP contribution in [0.5, 0.6) is 0 Å². The lowest BCUT2D eigenvalue weighted by Gasteiger charge is -2.14. The number of aromatic nitrogens is 2. The minimum atomic E-state index is 0.354. The van der Waals surface area contributed by atoms with Crippen LogP contribution in [0.1, 0.15) is 18.1 Å². The highest BCUT2D eigenvalue weighted by atomic mass is 35.5. The molecule has 1 aromatic heterocycles. The molecule has 0 aliphatic rings. The molecule has 19 heavy (non-hydrogen) atoms. The molecule has 2 aromatic rings. The molecule has 100 valence electrons. The maximum Gasteiger partial charge on any atom is 0.0538 e. The summed E-state index contributed by atoms with van der Waals surface area (Å²) in [5.74, 6) is 0. The van der Waals surface area contributed by atoms with Crippen molar-refractivity contribution in [1.82, 2.24) is 15.1 Å². The van der Waals surface area contributed by atoms with Gasteiger partial charge in [0.05, 0.1) is 6.20 Å². The average molecular weight is 276 g/mol.